The van der Waals surface area contributed by atoms with E-state index in [4.69, 9.17) is 4.74 Å². The Morgan fingerprint density at radius 3 is 2.78 bits per heavy atom. The fourth-order valence-electron chi connectivity index (χ4n) is 3.02. The van der Waals surface area contributed by atoms with Gasteiger partial charge in [-0.15, -0.1) is 0 Å². The van der Waals surface area contributed by atoms with Gasteiger partial charge in [0.15, 0.2) is 0 Å². The minimum atomic E-state index is -0.140. The predicted octanol–water partition coefficient (Wildman–Crippen LogP) is 2.43. The molecule has 138 valence electrons. The molecule has 0 unspecified atom stereocenters. The molecule has 0 aromatic carbocycles. The van der Waals surface area contributed by atoms with Crippen molar-refractivity contribution >= 4 is 0 Å². The van der Waals surface area contributed by atoms with Crippen LogP contribution in [0.5, 0.6) is 5.88 Å². The van der Waals surface area contributed by atoms with Gasteiger partial charge < -0.3 is 9.30 Å². The molecule has 1 saturated carbocycles. The number of hydrogen-bond acceptors (Lipinski definition) is 6. The quantitative estimate of drug-likeness (QED) is 0.692. The lowest BCUT2D eigenvalue weighted by molar-refractivity contribution is 0.285. The Hall–Kier alpha value is -3.09. The van der Waals surface area contributed by atoms with Crippen LogP contribution in [0.4, 0.5) is 0 Å². The van der Waals surface area contributed by atoms with Gasteiger partial charge in [-0.25, -0.2) is 9.97 Å². The van der Waals surface area contributed by atoms with E-state index in [1.165, 1.54) is 17.0 Å². The molecular weight excluding hydrogens is 342 g/mol. The van der Waals surface area contributed by atoms with Crippen molar-refractivity contribution in [2.45, 2.75) is 26.2 Å². The first-order valence-electron chi connectivity index (χ1n) is 8.93. The molecule has 7 nitrogen and oxygen atoms in total. The van der Waals surface area contributed by atoms with E-state index in [-0.39, 0.29) is 5.56 Å². The van der Waals surface area contributed by atoms with Gasteiger partial charge in [0, 0.05) is 43.0 Å². The maximum atomic E-state index is 11.9. The highest BCUT2D eigenvalue weighted by atomic mass is 16.5. The zero-order valence-corrected chi connectivity index (χ0v) is 15.6. The summed E-state index contributed by atoms with van der Waals surface area (Å²) in [5.41, 5.74) is 3.28. The van der Waals surface area contributed by atoms with Crippen LogP contribution in [0.15, 0.2) is 41.7 Å². The van der Waals surface area contributed by atoms with Crippen LogP contribution in [-0.2, 0) is 7.05 Å². The minimum Gasteiger partial charge on any atom is -0.477 e. The Bertz CT molecular complexity index is 1030. The molecule has 3 aromatic rings. The highest BCUT2D eigenvalue weighted by molar-refractivity contribution is 5.63. The van der Waals surface area contributed by atoms with Crippen molar-refractivity contribution in [3.8, 4) is 17.1 Å². The van der Waals surface area contributed by atoms with Gasteiger partial charge in [0.2, 0.25) is 5.88 Å². The van der Waals surface area contributed by atoms with Crippen LogP contribution in [0, 0.1) is 19.8 Å². The number of nitrogens with zero attached hydrogens (tertiary/aromatic N) is 5. The molecule has 3 heterocycles. The van der Waals surface area contributed by atoms with Gasteiger partial charge in [0.05, 0.1) is 24.2 Å². The molecule has 2 atom stereocenters. The van der Waals surface area contributed by atoms with Gasteiger partial charge in [0.1, 0.15) is 5.82 Å². The van der Waals surface area contributed by atoms with Crippen molar-refractivity contribution in [3.05, 3.63) is 64.4 Å². The molecule has 0 bridgehead atoms. The lowest BCUT2D eigenvalue weighted by atomic mass is 10.2. The van der Waals surface area contributed by atoms with Crippen LogP contribution in [0.1, 0.15) is 29.4 Å². The van der Waals surface area contributed by atoms with Crippen LogP contribution in [0.2, 0.25) is 0 Å². The largest absolute Gasteiger partial charge is 0.477 e. The van der Waals surface area contributed by atoms with Gasteiger partial charge in [0.25, 0.3) is 5.56 Å². The Kier molecular flexibility index (Phi) is 4.43. The number of ether oxygens (including phenoxy) is 1. The molecule has 1 aliphatic rings. The molecule has 4 rings (SSSR count). The van der Waals surface area contributed by atoms with Gasteiger partial charge in [-0.2, -0.15) is 4.98 Å². The molecule has 0 spiro atoms. The Morgan fingerprint density at radius 1 is 1.19 bits per heavy atom. The molecule has 3 aromatic heterocycles. The molecule has 27 heavy (non-hydrogen) atoms. The van der Waals surface area contributed by atoms with Crippen LogP contribution in [0.3, 0.4) is 0 Å². The van der Waals surface area contributed by atoms with Crippen molar-refractivity contribution in [3.63, 3.8) is 0 Å². The number of pyridine rings is 1. The molecule has 1 aliphatic carbocycles. The van der Waals surface area contributed by atoms with E-state index >= 15 is 0 Å². The second kappa shape index (κ2) is 6.90. The van der Waals surface area contributed by atoms with Gasteiger partial charge in [-0.3, -0.25) is 9.78 Å². The Morgan fingerprint density at radius 2 is 2.04 bits per heavy atom. The average Bonchev–Trinajstić information content (AvgIpc) is 3.43. The number of hydrogen-bond donors (Lipinski definition) is 0. The average molecular weight is 363 g/mol. The van der Waals surface area contributed by atoms with Gasteiger partial charge in [-0.1, -0.05) is 6.07 Å². The first kappa shape index (κ1) is 17.3. The van der Waals surface area contributed by atoms with Gasteiger partial charge in [-0.05, 0) is 31.9 Å². The zero-order chi connectivity index (χ0) is 19.0. The summed E-state index contributed by atoms with van der Waals surface area (Å²) >= 11 is 0. The number of aromatic nitrogens is 5. The summed E-state index contributed by atoms with van der Waals surface area (Å²) in [5, 5.41) is 0. The number of aryl methyl sites for hydroxylation is 3. The molecular formula is C20H21N5O2. The monoisotopic (exact) mass is 363 g/mol. The van der Waals surface area contributed by atoms with E-state index in [1.807, 2.05) is 20.0 Å². The van der Waals surface area contributed by atoms with Crippen molar-refractivity contribution in [1.82, 2.24) is 24.5 Å². The van der Waals surface area contributed by atoms with E-state index in [0.717, 1.165) is 17.7 Å². The van der Waals surface area contributed by atoms with Crippen LogP contribution < -0.4 is 10.3 Å². The predicted molar refractivity (Wildman–Crippen MR) is 101 cm³/mol. The summed E-state index contributed by atoms with van der Waals surface area (Å²) in [6.07, 6.45) is 6.10. The summed E-state index contributed by atoms with van der Waals surface area (Å²) in [6.45, 7) is 4.40. The first-order valence-corrected chi connectivity index (χ1v) is 8.93. The highest BCUT2D eigenvalue weighted by Gasteiger charge is 2.40. The maximum Gasteiger partial charge on any atom is 0.253 e. The van der Waals surface area contributed by atoms with Crippen LogP contribution in [-0.4, -0.2) is 31.1 Å². The smallest absolute Gasteiger partial charge is 0.253 e. The molecule has 0 saturated heterocycles. The Balaban J connectivity index is 1.51. The second-order valence-corrected chi connectivity index (χ2v) is 7.03. The van der Waals surface area contributed by atoms with Crippen LogP contribution >= 0.6 is 0 Å². The lowest BCUT2D eigenvalue weighted by Gasteiger charge is -2.10. The third-order valence-electron chi connectivity index (χ3n) is 4.80. The summed E-state index contributed by atoms with van der Waals surface area (Å²) in [5.74, 6) is 1.93. The van der Waals surface area contributed by atoms with Crippen molar-refractivity contribution in [2.24, 2.45) is 13.0 Å². The van der Waals surface area contributed by atoms with E-state index in [2.05, 4.69) is 32.1 Å². The lowest BCUT2D eigenvalue weighted by Crippen LogP contribution is -2.16. The molecule has 0 aliphatic heterocycles. The second-order valence-electron chi connectivity index (χ2n) is 7.03. The van der Waals surface area contributed by atoms with Crippen LogP contribution in [0.25, 0.3) is 11.3 Å². The van der Waals surface area contributed by atoms with E-state index in [9.17, 15) is 4.79 Å². The van der Waals surface area contributed by atoms with Crippen molar-refractivity contribution < 1.29 is 4.74 Å². The third-order valence-corrected chi connectivity index (χ3v) is 4.80. The standard InChI is InChI=1S/C20H21N5O2/c1-12-4-5-17(22-8-12)15-6-14(15)10-27-20-16(9-21-13(2)24-20)18-7-19(26)25(3)11-23-18/h4-5,7-9,11,14-15H,6,10H2,1-3H3/t14-,15+/m1/s1. The van der Waals surface area contributed by atoms with Crippen molar-refractivity contribution in [2.75, 3.05) is 6.61 Å². The SMILES string of the molecule is Cc1ccc([C@H]2C[C@@H]2COc2nc(C)ncc2-c2cc(=O)n(C)cn2)nc1. The summed E-state index contributed by atoms with van der Waals surface area (Å²) in [7, 11) is 1.66. The normalized spacial score (nSPS) is 18.3. The summed E-state index contributed by atoms with van der Waals surface area (Å²) in [6, 6.07) is 5.65. The molecule has 1 fully saturated rings. The third kappa shape index (κ3) is 3.72. The number of rotatable bonds is 5. The molecule has 0 radical (unpaired) electrons. The fraction of sp³-hybridized carbons (Fsp3) is 0.350. The van der Waals surface area contributed by atoms with E-state index in [1.54, 1.807) is 13.2 Å². The molecule has 0 N–H and O–H groups in total. The Labute approximate surface area is 157 Å². The minimum absolute atomic E-state index is 0.140. The fourth-order valence-corrected chi connectivity index (χ4v) is 3.02. The van der Waals surface area contributed by atoms with Crippen molar-refractivity contribution in [1.29, 1.82) is 0 Å². The van der Waals surface area contributed by atoms with Gasteiger partial charge >= 0.3 is 0 Å². The molecule has 0 amide bonds. The first-order chi connectivity index (χ1) is 13.0. The molecule has 7 heteroatoms. The highest BCUT2D eigenvalue weighted by Crippen LogP contribution is 2.46. The van der Waals surface area contributed by atoms with E-state index in [0.29, 0.717) is 41.4 Å². The maximum absolute atomic E-state index is 11.9. The summed E-state index contributed by atoms with van der Waals surface area (Å²) in [4.78, 5) is 29.4. The summed E-state index contributed by atoms with van der Waals surface area (Å²) < 4.78 is 7.43. The topological polar surface area (TPSA) is 82.8 Å². The van der Waals surface area contributed by atoms with E-state index < -0.39 is 0 Å². The zero-order valence-electron chi connectivity index (χ0n) is 15.6.